The van der Waals surface area contributed by atoms with Crippen molar-refractivity contribution in [3.05, 3.63) is 47.2 Å². The van der Waals surface area contributed by atoms with Gasteiger partial charge in [-0.05, 0) is 26.3 Å². The molecule has 2 rings (SSSR count). The van der Waals surface area contributed by atoms with Crippen LogP contribution in [0, 0.1) is 0 Å². The molecular weight excluding hydrogens is 240 g/mol. The Morgan fingerprint density at radius 1 is 1.32 bits per heavy atom. The molecule has 0 bridgehead atoms. The molecule has 0 saturated heterocycles. The molecule has 19 heavy (non-hydrogen) atoms. The number of carbonyl (C=O) groups excluding carboxylic acids is 2. The monoisotopic (exact) mass is 258 g/mol. The Labute approximate surface area is 113 Å². The van der Waals surface area contributed by atoms with Crippen molar-refractivity contribution in [2.45, 2.75) is 26.8 Å². The van der Waals surface area contributed by atoms with Crippen molar-refractivity contribution in [1.82, 2.24) is 10.2 Å². The number of carbonyl (C=O) groups is 2. The molecule has 1 atom stereocenters. The van der Waals surface area contributed by atoms with Crippen LogP contribution in [0.5, 0.6) is 0 Å². The fourth-order valence-corrected chi connectivity index (χ4v) is 2.51. The van der Waals surface area contributed by atoms with E-state index in [4.69, 9.17) is 0 Å². The lowest BCUT2D eigenvalue weighted by Gasteiger charge is -2.34. The number of rotatable bonds is 3. The number of Topliss-reactive ketones (excluding diaryl/α,β-unsaturated/α-hetero) is 1. The highest BCUT2D eigenvalue weighted by atomic mass is 16.2. The zero-order chi connectivity index (χ0) is 14.0. The minimum atomic E-state index is -0.353. The van der Waals surface area contributed by atoms with Gasteiger partial charge in [0.05, 0.1) is 6.04 Å². The summed E-state index contributed by atoms with van der Waals surface area (Å²) in [5.41, 5.74) is 2.33. The van der Waals surface area contributed by atoms with E-state index >= 15 is 0 Å². The summed E-state index contributed by atoms with van der Waals surface area (Å²) >= 11 is 0. The predicted molar refractivity (Wildman–Crippen MR) is 73.5 cm³/mol. The quantitative estimate of drug-likeness (QED) is 0.906. The van der Waals surface area contributed by atoms with Gasteiger partial charge in [0.2, 0.25) is 0 Å². The number of ketones is 1. The van der Waals surface area contributed by atoms with Crippen molar-refractivity contribution in [3.8, 4) is 0 Å². The van der Waals surface area contributed by atoms with Crippen LogP contribution in [0.3, 0.4) is 0 Å². The second-order valence-corrected chi connectivity index (χ2v) is 4.59. The van der Waals surface area contributed by atoms with Gasteiger partial charge < -0.3 is 5.32 Å². The predicted octanol–water partition coefficient (Wildman–Crippen LogP) is 2.64. The van der Waals surface area contributed by atoms with Crippen molar-refractivity contribution in [1.29, 1.82) is 0 Å². The number of benzene rings is 1. The lowest BCUT2D eigenvalue weighted by Crippen LogP contribution is -2.47. The van der Waals surface area contributed by atoms with Crippen LogP contribution in [0.15, 0.2) is 41.6 Å². The van der Waals surface area contributed by atoms with Gasteiger partial charge in [0, 0.05) is 17.8 Å². The SMILES string of the molecule is CCN1C(=O)N[C@H](c2ccccc2)C(C(C)=O)=C1C. The van der Waals surface area contributed by atoms with E-state index in [0.717, 1.165) is 11.3 Å². The molecule has 0 aromatic heterocycles. The molecule has 0 unspecified atom stereocenters. The Bertz CT molecular complexity index is 534. The van der Waals surface area contributed by atoms with E-state index < -0.39 is 0 Å². The van der Waals surface area contributed by atoms with Crippen LogP contribution in [-0.2, 0) is 4.79 Å². The molecule has 4 heteroatoms. The molecule has 100 valence electrons. The number of hydrogen-bond donors (Lipinski definition) is 1. The first-order chi connectivity index (χ1) is 9.06. The smallest absolute Gasteiger partial charge is 0.322 e. The highest BCUT2D eigenvalue weighted by Crippen LogP contribution is 2.30. The molecule has 0 fully saturated rings. The molecule has 1 heterocycles. The summed E-state index contributed by atoms with van der Waals surface area (Å²) in [5, 5.41) is 2.90. The van der Waals surface area contributed by atoms with Crippen LogP contribution >= 0.6 is 0 Å². The number of urea groups is 1. The summed E-state index contributed by atoms with van der Waals surface area (Å²) in [6.07, 6.45) is 0. The molecule has 1 aromatic carbocycles. The maximum Gasteiger partial charge on any atom is 0.322 e. The van der Waals surface area contributed by atoms with E-state index in [9.17, 15) is 9.59 Å². The van der Waals surface area contributed by atoms with Crippen LogP contribution in [0.4, 0.5) is 4.79 Å². The van der Waals surface area contributed by atoms with Crippen molar-refractivity contribution in [3.63, 3.8) is 0 Å². The average Bonchev–Trinajstić information content (AvgIpc) is 2.39. The fraction of sp³-hybridized carbons (Fsp3) is 0.333. The molecule has 4 nitrogen and oxygen atoms in total. The van der Waals surface area contributed by atoms with Crippen LogP contribution in [0.25, 0.3) is 0 Å². The highest BCUT2D eigenvalue weighted by Gasteiger charge is 2.32. The molecule has 1 N–H and O–H groups in total. The maximum absolute atomic E-state index is 12.1. The third-order valence-electron chi connectivity index (χ3n) is 3.42. The molecular formula is C15H18N2O2. The van der Waals surface area contributed by atoms with Crippen molar-refractivity contribution >= 4 is 11.8 Å². The maximum atomic E-state index is 12.1. The third-order valence-corrected chi connectivity index (χ3v) is 3.42. The van der Waals surface area contributed by atoms with Crippen LogP contribution in [0.1, 0.15) is 32.4 Å². The Hall–Kier alpha value is -2.10. The Kier molecular flexibility index (Phi) is 3.69. The number of nitrogens with one attached hydrogen (secondary N) is 1. The summed E-state index contributed by atoms with van der Waals surface area (Å²) in [7, 11) is 0. The number of hydrogen-bond acceptors (Lipinski definition) is 2. The highest BCUT2D eigenvalue weighted by molar-refractivity contribution is 5.98. The number of nitrogens with zero attached hydrogens (tertiary/aromatic N) is 1. The van der Waals surface area contributed by atoms with E-state index in [0.29, 0.717) is 12.1 Å². The Morgan fingerprint density at radius 3 is 2.47 bits per heavy atom. The Morgan fingerprint density at radius 2 is 1.95 bits per heavy atom. The third kappa shape index (κ3) is 2.38. The van der Waals surface area contributed by atoms with Gasteiger partial charge in [-0.25, -0.2) is 4.79 Å². The van der Waals surface area contributed by atoms with Gasteiger partial charge in [-0.1, -0.05) is 30.3 Å². The first kappa shape index (κ1) is 13.3. The zero-order valence-electron chi connectivity index (χ0n) is 11.4. The summed E-state index contributed by atoms with van der Waals surface area (Å²) in [6.45, 7) is 5.81. The van der Waals surface area contributed by atoms with E-state index in [-0.39, 0.29) is 17.9 Å². The van der Waals surface area contributed by atoms with E-state index in [1.54, 1.807) is 11.8 Å². The van der Waals surface area contributed by atoms with Gasteiger partial charge in [-0.3, -0.25) is 9.69 Å². The fourth-order valence-electron chi connectivity index (χ4n) is 2.51. The first-order valence-corrected chi connectivity index (χ1v) is 6.41. The van der Waals surface area contributed by atoms with Gasteiger partial charge in [-0.2, -0.15) is 0 Å². The second-order valence-electron chi connectivity index (χ2n) is 4.59. The van der Waals surface area contributed by atoms with Crippen LogP contribution in [-0.4, -0.2) is 23.3 Å². The Balaban J connectivity index is 2.52. The summed E-state index contributed by atoms with van der Waals surface area (Å²) in [5.74, 6) is -0.00944. The lowest BCUT2D eigenvalue weighted by molar-refractivity contribution is -0.114. The second kappa shape index (κ2) is 5.26. The summed E-state index contributed by atoms with van der Waals surface area (Å²) in [6, 6.07) is 9.05. The van der Waals surface area contributed by atoms with Gasteiger partial charge in [0.15, 0.2) is 5.78 Å². The molecule has 0 spiro atoms. The topological polar surface area (TPSA) is 49.4 Å². The molecule has 0 aliphatic carbocycles. The minimum Gasteiger partial charge on any atom is -0.327 e. The summed E-state index contributed by atoms with van der Waals surface area (Å²) < 4.78 is 0. The number of allylic oxidation sites excluding steroid dienone is 1. The van der Waals surface area contributed by atoms with Crippen molar-refractivity contribution in [2.75, 3.05) is 6.54 Å². The zero-order valence-corrected chi connectivity index (χ0v) is 11.4. The normalized spacial score (nSPS) is 19.4. The summed E-state index contributed by atoms with van der Waals surface area (Å²) in [4.78, 5) is 25.6. The van der Waals surface area contributed by atoms with E-state index in [2.05, 4.69) is 5.32 Å². The molecule has 1 aromatic rings. The van der Waals surface area contributed by atoms with Crippen LogP contribution in [0.2, 0.25) is 0 Å². The van der Waals surface area contributed by atoms with Crippen LogP contribution < -0.4 is 5.32 Å². The van der Waals surface area contributed by atoms with Gasteiger partial charge in [-0.15, -0.1) is 0 Å². The molecule has 2 amide bonds. The number of amides is 2. The molecule has 1 aliphatic heterocycles. The van der Waals surface area contributed by atoms with Gasteiger partial charge in [0.25, 0.3) is 0 Å². The average molecular weight is 258 g/mol. The molecule has 0 saturated carbocycles. The van der Waals surface area contributed by atoms with Crippen molar-refractivity contribution in [2.24, 2.45) is 0 Å². The van der Waals surface area contributed by atoms with Crippen molar-refractivity contribution < 1.29 is 9.59 Å². The largest absolute Gasteiger partial charge is 0.327 e. The minimum absolute atomic E-state index is 0.00944. The lowest BCUT2D eigenvalue weighted by atomic mass is 9.92. The standard InChI is InChI=1S/C15H18N2O2/c1-4-17-10(2)13(11(3)18)14(16-15(17)19)12-8-6-5-7-9-12/h5-9,14H,4H2,1-3H3,(H,16,19)/t14-/m1/s1. The first-order valence-electron chi connectivity index (χ1n) is 6.41. The van der Waals surface area contributed by atoms with E-state index in [1.807, 2.05) is 44.2 Å². The molecule has 1 aliphatic rings. The molecule has 0 radical (unpaired) electrons. The van der Waals surface area contributed by atoms with Gasteiger partial charge >= 0.3 is 6.03 Å². The van der Waals surface area contributed by atoms with E-state index in [1.165, 1.54) is 0 Å². The van der Waals surface area contributed by atoms with Gasteiger partial charge in [0.1, 0.15) is 0 Å².